The van der Waals surface area contributed by atoms with Crippen molar-refractivity contribution in [3.05, 3.63) is 66.0 Å². The molecule has 134 valence electrons. The lowest BCUT2D eigenvalue weighted by atomic mass is 10.0. The number of rotatable bonds is 7. The van der Waals surface area contributed by atoms with E-state index in [0.29, 0.717) is 24.0 Å². The Morgan fingerprint density at radius 3 is 2.52 bits per heavy atom. The Balaban J connectivity index is 1.53. The average molecular weight is 362 g/mol. The zero-order valence-electron chi connectivity index (χ0n) is 14.1. The standard InChI is InChI=1S/C19H23FN2O2S/c20-17-10-8-16(9-11-17)15-18-5-4-13-22(18)14-12-21-25(23,24)19-6-2-1-3-7-19/h1-3,6-11,18,21H,4-5,12-15H2/t18-/m1/s1. The molecular formula is C19H23FN2O2S. The van der Waals surface area contributed by atoms with Gasteiger partial charge in [-0.05, 0) is 55.6 Å². The second-order valence-corrected chi connectivity index (χ2v) is 8.14. The lowest BCUT2D eigenvalue weighted by Gasteiger charge is -2.24. The van der Waals surface area contributed by atoms with Crippen molar-refractivity contribution in [2.24, 2.45) is 0 Å². The SMILES string of the molecule is O=S(=O)(NCCN1CCC[C@@H]1Cc1ccc(F)cc1)c1ccccc1. The van der Waals surface area contributed by atoms with Crippen LogP contribution in [0, 0.1) is 5.82 Å². The van der Waals surface area contributed by atoms with E-state index in [4.69, 9.17) is 0 Å². The van der Waals surface area contributed by atoms with Crippen molar-refractivity contribution in [3.8, 4) is 0 Å². The minimum absolute atomic E-state index is 0.220. The van der Waals surface area contributed by atoms with E-state index in [9.17, 15) is 12.8 Å². The predicted molar refractivity (Wildman–Crippen MR) is 96.3 cm³/mol. The summed E-state index contributed by atoms with van der Waals surface area (Å²) in [5.41, 5.74) is 1.11. The van der Waals surface area contributed by atoms with Crippen LogP contribution in [-0.4, -0.2) is 39.0 Å². The Kier molecular flexibility index (Phi) is 5.83. The minimum atomic E-state index is -3.45. The molecule has 6 heteroatoms. The predicted octanol–water partition coefficient (Wildman–Crippen LogP) is 2.81. The molecule has 1 aliphatic rings. The van der Waals surface area contributed by atoms with Crippen molar-refractivity contribution in [1.29, 1.82) is 0 Å². The molecule has 1 N–H and O–H groups in total. The summed E-state index contributed by atoms with van der Waals surface area (Å²) in [6, 6.07) is 15.4. The molecule has 4 nitrogen and oxygen atoms in total. The maximum atomic E-state index is 13.0. The lowest BCUT2D eigenvalue weighted by Crippen LogP contribution is -2.38. The van der Waals surface area contributed by atoms with Gasteiger partial charge in [-0.2, -0.15) is 0 Å². The number of sulfonamides is 1. The van der Waals surface area contributed by atoms with Crippen LogP contribution in [0.5, 0.6) is 0 Å². The van der Waals surface area contributed by atoms with Gasteiger partial charge in [-0.3, -0.25) is 4.90 Å². The van der Waals surface area contributed by atoms with Crippen molar-refractivity contribution in [2.45, 2.75) is 30.2 Å². The average Bonchev–Trinajstić information content (AvgIpc) is 3.05. The molecule has 0 saturated carbocycles. The Labute approximate surface area is 148 Å². The first-order chi connectivity index (χ1) is 12.0. The number of benzene rings is 2. The first-order valence-electron chi connectivity index (χ1n) is 8.58. The van der Waals surface area contributed by atoms with Crippen LogP contribution in [0.1, 0.15) is 18.4 Å². The Morgan fingerprint density at radius 1 is 1.08 bits per heavy atom. The number of nitrogens with zero attached hydrogens (tertiary/aromatic N) is 1. The molecule has 2 aromatic rings. The van der Waals surface area contributed by atoms with Gasteiger partial charge in [-0.25, -0.2) is 17.5 Å². The second kappa shape index (κ2) is 8.08. The maximum Gasteiger partial charge on any atom is 0.240 e. The van der Waals surface area contributed by atoms with Crippen molar-refractivity contribution in [1.82, 2.24) is 9.62 Å². The summed E-state index contributed by atoms with van der Waals surface area (Å²) in [6.07, 6.45) is 3.06. The van der Waals surface area contributed by atoms with E-state index in [1.807, 2.05) is 12.1 Å². The molecule has 3 rings (SSSR count). The van der Waals surface area contributed by atoms with Crippen LogP contribution in [-0.2, 0) is 16.4 Å². The number of hydrogen-bond donors (Lipinski definition) is 1. The van der Waals surface area contributed by atoms with Gasteiger partial charge in [0.1, 0.15) is 5.82 Å². The van der Waals surface area contributed by atoms with Gasteiger partial charge in [-0.1, -0.05) is 30.3 Å². The summed E-state index contributed by atoms with van der Waals surface area (Å²) in [6.45, 7) is 2.04. The molecule has 0 radical (unpaired) electrons. The summed E-state index contributed by atoms with van der Waals surface area (Å²) in [5.74, 6) is -0.220. The summed E-state index contributed by atoms with van der Waals surface area (Å²) in [5, 5.41) is 0. The van der Waals surface area contributed by atoms with E-state index >= 15 is 0 Å². The fourth-order valence-corrected chi connectivity index (χ4v) is 4.36. The molecule has 0 spiro atoms. The van der Waals surface area contributed by atoms with Gasteiger partial charge < -0.3 is 0 Å². The molecule has 25 heavy (non-hydrogen) atoms. The summed E-state index contributed by atoms with van der Waals surface area (Å²) in [7, 11) is -3.45. The summed E-state index contributed by atoms with van der Waals surface area (Å²) >= 11 is 0. The highest BCUT2D eigenvalue weighted by molar-refractivity contribution is 7.89. The van der Waals surface area contributed by atoms with Gasteiger partial charge in [0.25, 0.3) is 0 Å². The zero-order valence-corrected chi connectivity index (χ0v) is 14.9. The fourth-order valence-electron chi connectivity index (χ4n) is 3.32. The van der Waals surface area contributed by atoms with Crippen molar-refractivity contribution in [3.63, 3.8) is 0 Å². The van der Waals surface area contributed by atoms with E-state index < -0.39 is 10.0 Å². The zero-order chi connectivity index (χ0) is 17.7. The smallest absolute Gasteiger partial charge is 0.240 e. The molecule has 0 unspecified atom stereocenters. The second-order valence-electron chi connectivity index (χ2n) is 6.37. The molecule has 0 aromatic heterocycles. The van der Waals surface area contributed by atoms with Crippen molar-refractivity contribution >= 4 is 10.0 Å². The molecule has 1 heterocycles. The molecule has 0 bridgehead atoms. The van der Waals surface area contributed by atoms with E-state index in [2.05, 4.69) is 9.62 Å². The Hall–Kier alpha value is -1.76. The minimum Gasteiger partial charge on any atom is -0.299 e. The molecular weight excluding hydrogens is 339 g/mol. The third-order valence-corrected chi connectivity index (χ3v) is 6.11. The number of halogens is 1. The first kappa shape index (κ1) is 18.0. The van der Waals surface area contributed by atoms with Crippen LogP contribution in [0.25, 0.3) is 0 Å². The van der Waals surface area contributed by atoms with E-state index in [0.717, 1.165) is 31.4 Å². The third-order valence-electron chi connectivity index (χ3n) is 4.63. The number of nitrogens with one attached hydrogen (secondary N) is 1. The summed E-state index contributed by atoms with van der Waals surface area (Å²) < 4.78 is 40.2. The topological polar surface area (TPSA) is 49.4 Å². The van der Waals surface area contributed by atoms with Crippen LogP contribution < -0.4 is 4.72 Å². The van der Waals surface area contributed by atoms with Crippen LogP contribution in [0.3, 0.4) is 0 Å². The van der Waals surface area contributed by atoms with Crippen LogP contribution in [0.2, 0.25) is 0 Å². The highest BCUT2D eigenvalue weighted by Gasteiger charge is 2.24. The Bertz CT molecular complexity index is 779. The van der Waals surface area contributed by atoms with Crippen LogP contribution in [0.15, 0.2) is 59.5 Å². The number of likely N-dealkylation sites (tertiary alicyclic amines) is 1. The van der Waals surface area contributed by atoms with Gasteiger partial charge >= 0.3 is 0 Å². The maximum absolute atomic E-state index is 13.0. The van der Waals surface area contributed by atoms with Crippen LogP contribution >= 0.6 is 0 Å². The van der Waals surface area contributed by atoms with Gasteiger partial charge in [0, 0.05) is 19.1 Å². The van der Waals surface area contributed by atoms with E-state index in [1.54, 1.807) is 30.3 Å². The largest absolute Gasteiger partial charge is 0.299 e. The fraction of sp³-hybridized carbons (Fsp3) is 0.368. The quantitative estimate of drug-likeness (QED) is 0.824. The van der Waals surface area contributed by atoms with Gasteiger partial charge in [0.15, 0.2) is 0 Å². The van der Waals surface area contributed by atoms with Crippen LogP contribution in [0.4, 0.5) is 4.39 Å². The highest BCUT2D eigenvalue weighted by atomic mass is 32.2. The van der Waals surface area contributed by atoms with E-state index in [1.165, 1.54) is 12.1 Å². The molecule has 2 aromatic carbocycles. The molecule has 1 aliphatic heterocycles. The number of hydrogen-bond acceptors (Lipinski definition) is 3. The summed E-state index contributed by atoms with van der Waals surface area (Å²) in [4.78, 5) is 2.61. The Morgan fingerprint density at radius 2 is 1.80 bits per heavy atom. The normalized spacial score (nSPS) is 18.5. The highest BCUT2D eigenvalue weighted by Crippen LogP contribution is 2.21. The molecule has 0 aliphatic carbocycles. The molecule has 0 amide bonds. The van der Waals surface area contributed by atoms with Crippen molar-refractivity contribution in [2.75, 3.05) is 19.6 Å². The molecule has 1 fully saturated rings. The van der Waals surface area contributed by atoms with Crippen molar-refractivity contribution < 1.29 is 12.8 Å². The third kappa shape index (κ3) is 4.87. The van der Waals surface area contributed by atoms with E-state index in [-0.39, 0.29) is 5.82 Å². The first-order valence-corrected chi connectivity index (χ1v) is 10.1. The monoisotopic (exact) mass is 362 g/mol. The van der Waals surface area contributed by atoms with Gasteiger partial charge in [0.2, 0.25) is 10.0 Å². The molecule has 1 saturated heterocycles. The lowest BCUT2D eigenvalue weighted by molar-refractivity contribution is 0.257. The molecule has 1 atom stereocenters. The van der Waals surface area contributed by atoms with Gasteiger partial charge in [-0.15, -0.1) is 0 Å². The van der Waals surface area contributed by atoms with Gasteiger partial charge in [0.05, 0.1) is 4.90 Å².